The molecular formula is C31H34NOS+. The summed E-state index contributed by atoms with van der Waals surface area (Å²) >= 11 is 2.01. The number of fused-ring (bicyclic) bond motifs is 3. The van der Waals surface area contributed by atoms with Crippen LogP contribution in [0.2, 0.25) is 0 Å². The molecule has 2 aliphatic heterocycles. The number of rotatable bonds is 2. The van der Waals surface area contributed by atoms with E-state index < -0.39 is 0 Å². The van der Waals surface area contributed by atoms with Crippen molar-refractivity contribution in [3.8, 4) is 11.3 Å². The molecule has 1 fully saturated rings. The monoisotopic (exact) mass is 468 g/mol. The Kier molecular flexibility index (Phi) is 5.27. The summed E-state index contributed by atoms with van der Waals surface area (Å²) in [6.07, 6.45) is 5.57. The van der Waals surface area contributed by atoms with Crippen LogP contribution in [0.4, 0.5) is 0 Å². The molecule has 2 nitrogen and oxygen atoms in total. The Labute approximate surface area is 207 Å². The molecule has 34 heavy (non-hydrogen) atoms. The number of aryl methyl sites for hydroxylation is 2. The van der Waals surface area contributed by atoms with Crippen LogP contribution >= 0.6 is 11.8 Å². The first-order valence-electron chi connectivity index (χ1n) is 12.6. The maximum atomic E-state index is 5.67. The van der Waals surface area contributed by atoms with Gasteiger partial charge in [-0.05, 0) is 76.4 Å². The Bertz CT molecular complexity index is 1440. The van der Waals surface area contributed by atoms with Crippen LogP contribution in [0, 0.1) is 12.3 Å². The summed E-state index contributed by atoms with van der Waals surface area (Å²) in [7, 11) is 2.21. The zero-order valence-corrected chi connectivity index (χ0v) is 21.8. The smallest absolute Gasteiger partial charge is 0.222 e. The zero-order valence-electron chi connectivity index (χ0n) is 21.0. The summed E-state index contributed by atoms with van der Waals surface area (Å²) < 4.78 is 8.01. The molecule has 3 heteroatoms. The fourth-order valence-corrected chi connectivity index (χ4v) is 7.39. The van der Waals surface area contributed by atoms with E-state index in [1.807, 2.05) is 11.8 Å². The van der Waals surface area contributed by atoms with Gasteiger partial charge in [0.15, 0.2) is 6.20 Å². The quantitative estimate of drug-likeness (QED) is 0.246. The lowest BCUT2D eigenvalue weighted by Crippen LogP contribution is -2.32. The van der Waals surface area contributed by atoms with Gasteiger partial charge in [0.2, 0.25) is 5.69 Å². The van der Waals surface area contributed by atoms with Crippen molar-refractivity contribution in [2.45, 2.75) is 62.7 Å². The van der Waals surface area contributed by atoms with Crippen molar-refractivity contribution in [2.24, 2.45) is 12.5 Å². The predicted octanol–water partition coefficient (Wildman–Crippen LogP) is 7.74. The van der Waals surface area contributed by atoms with E-state index in [1.54, 1.807) is 0 Å². The second-order valence-electron chi connectivity index (χ2n) is 11.3. The van der Waals surface area contributed by atoms with Gasteiger partial charge in [0, 0.05) is 29.1 Å². The highest BCUT2D eigenvalue weighted by Crippen LogP contribution is 2.53. The Hall–Kier alpha value is -2.36. The molecule has 0 N–H and O–H groups in total. The van der Waals surface area contributed by atoms with Gasteiger partial charge in [-0.2, -0.15) is 0 Å². The molecule has 0 spiro atoms. The summed E-state index contributed by atoms with van der Waals surface area (Å²) in [5.41, 5.74) is 7.41. The third-order valence-corrected chi connectivity index (χ3v) is 8.80. The number of nitrogens with zero attached hydrogens (tertiary/aromatic N) is 1. The maximum Gasteiger partial charge on any atom is 0.222 e. The molecule has 1 saturated heterocycles. The molecule has 4 aromatic rings. The predicted molar refractivity (Wildman–Crippen MR) is 143 cm³/mol. The highest BCUT2D eigenvalue weighted by molar-refractivity contribution is 7.99. The third-order valence-electron chi connectivity index (χ3n) is 7.60. The van der Waals surface area contributed by atoms with E-state index in [0.29, 0.717) is 5.92 Å². The topological polar surface area (TPSA) is 13.1 Å². The first-order chi connectivity index (χ1) is 16.3. The minimum Gasteiger partial charge on any atom is -0.381 e. The fourth-order valence-electron chi connectivity index (χ4n) is 6.00. The van der Waals surface area contributed by atoms with Gasteiger partial charge in [-0.25, -0.2) is 4.57 Å². The van der Waals surface area contributed by atoms with Crippen molar-refractivity contribution >= 4 is 33.3 Å². The number of benzene rings is 3. The molecular weight excluding hydrogens is 434 g/mol. The van der Waals surface area contributed by atoms with Gasteiger partial charge < -0.3 is 4.74 Å². The van der Waals surface area contributed by atoms with Crippen LogP contribution in [-0.2, 0) is 18.2 Å². The van der Waals surface area contributed by atoms with Gasteiger partial charge in [-0.1, -0.05) is 62.9 Å². The molecule has 0 unspecified atom stereocenters. The molecule has 0 bridgehead atoms. The van der Waals surface area contributed by atoms with E-state index in [4.69, 9.17) is 4.74 Å². The summed E-state index contributed by atoms with van der Waals surface area (Å²) in [4.78, 5) is 2.88. The van der Waals surface area contributed by atoms with Crippen LogP contribution < -0.4 is 4.57 Å². The molecule has 3 aromatic carbocycles. The van der Waals surface area contributed by atoms with Gasteiger partial charge in [-0.3, -0.25) is 0 Å². The number of aromatic nitrogens is 1. The lowest BCUT2D eigenvalue weighted by atomic mass is 9.83. The number of ether oxygens (including phenoxy) is 1. The molecule has 3 heterocycles. The van der Waals surface area contributed by atoms with Crippen LogP contribution in [0.5, 0.6) is 0 Å². The SMILES string of the molecule is Cc1c2c(c(CC(C)(C)C)c3ccccc13)Sc1cc(C3CCOCC3)cc3cc[n+](C)c-2c13. The molecule has 6 rings (SSSR count). The average Bonchev–Trinajstić information content (AvgIpc) is 2.83. The normalized spacial score (nSPS) is 16.3. The summed E-state index contributed by atoms with van der Waals surface area (Å²) in [6.45, 7) is 11.2. The molecule has 0 saturated carbocycles. The summed E-state index contributed by atoms with van der Waals surface area (Å²) in [6, 6.07) is 16.3. The highest BCUT2D eigenvalue weighted by Gasteiger charge is 2.33. The molecule has 0 radical (unpaired) electrons. The second kappa shape index (κ2) is 8.10. The van der Waals surface area contributed by atoms with Crippen molar-refractivity contribution in [3.05, 3.63) is 65.4 Å². The standard InChI is InChI=1S/C31H34NOS/c1-19-23-8-6-7-9-24(23)25(18-31(2,3)4)30-27(19)29-28-21(10-13-32(29)5)16-22(17-26(28)34-30)20-11-14-33-15-12-20/h6-10,13,16-17,20H,11-12,14-15,18H2,1-5H3/q+1. The van der Waals surface area contributed by atoms with E-state index in [2.05, 4.69) is 88.0 Å². The summed E-state index contributed by atoms with van der Waals surface area (Å²) in [5.74, 6) is 0.598. The summed E-state index contributed by atoms with van der Waals surface area (Å²) in [5, 5.41) is 5.59. The number of hydrogen-bond donors (Lipinski definition) is 0. The van der Waals surface area contributed by atoms with Crippen molar-refractivity contribution in [1.82, 2.24) is 0 Å². The van der Waals surface area contributed by atoms with Crippen LogP contribution in [0.3, 0.4) is 0 Å². The Morgan fingerprint density at radius 3 is 2.50 bits per heavy atom. The lowest BCUT2D eigenvalue weighted by molar-refractivity contribution is -0.659. The van der Waals surface area contributed by atoms with Crippen LogP contribution in [0.15, 0.2) is 58.5 Å². The van der Waals surface area contributed by atoms with E-state index in [-0.39, 0.29) is 5.41 Å². The van der Waals surface area contributed by atoms with Crippen molar-refractivity contribution in [1.29, 1.82) is 0 Å². The van der Waals surface area contributed by atoms with Gasteiger partial charge in [0.1, 0.15) is 7.05 Å². The zero-order chi connectivity index (χ0) is 23.6. The van der Waals surface area contributed by atoms with Crippen molar-refractivity contribution < 1.29 is 9.30 Å². The van der Waals surface area contributed by atoms with E-state index in [0.717, 1.165) is 32.5 Å². The van der Waals surface area contributed by atoms with Gasteiger partial charge in [0.05, 0.1) is 10.9 Å². The lowest BCUT2D eigenvalue weighted by Gasteiger charge is -2.29. The molecule has 1 aromatic heterocycles. The average molecular weight is 469 g/mol. The van der Waals surface area contributed by atoms with Crippen LogP contribution in [-0.4, -0.2) is 13.2 Å². The largest absolute Gasteiger partial charge is 0.381 e. The van der Waals surface area contributed by atoms with Crippen molar-refractivity contribution in [2.75, 3.05) is 13.2 Å². The number of pyridine rings is 1. The highest BCUT2D eigenvalue weighted by atomic mass is 32.2. The third kappa shape index (κ3) is 3.56. The van der Waals surface area contributed by atoms with E-state index in [9.17, 15) is 0 Å². The van der Waals surface area contributed by atoms with Gasteiger partial charge in [0.25, 0.3) is 0 Å². The first-order valence-corrected chi connectivity index (χ1v) is 13.4. The molecule has 2 aliphatic rings. The first kappa shape index (κ1) is 22.1. The van der Waals surface area contributed by atoms with Crippen molar-refractivity contribution in [3.63, 3.8) is 0 Å². The fraction of sp³-hybridized carbons (Fsp3) is 0.387. The molecule has 174 valence electrons. The van der Waals surface area contributed by atoms with Crippen LogP contribution in [0.1, 0.15) is 56.2 Å². The Morgan fingerprint density at radius 1 is 1.03 bits per heavy atom. The van der Waals surface area contributed by atoms with E-state index in [1.165, 1.54) is 59.3 Å². The maximum absolute atomic E-state index is 5.67. The van der Waals surface area contributed by atoms with Gasteiger partial charge >= 0.3 is 0 Å². The Morgan fingerprint density at radius 2 is 1.76 bits per heavy atom. The molecule has 0 atom stereocenters. The Balaban J connectivity index is 1.68. The van der Waals surface area contributed by atoms with Gasteiger partial charge in [-0.15, -0.1) is 0 Å². The molecule has 0 aliphatic carbocycles. The minimum atomic E-state index is 0.213. The molecule has 0 amide bonds. The second-order valence-corrected chi connectivity index (χ2v) is 12.4. The minimum absolute atomic E-state index is 0.213. The number of hydrogen-bond acceptors (Lipinski definition) is 2. The van der Waals surface area contributed by atoms with Crippen LogP contribution in [0.25, 0.3) is 32.8 Å². The van der Waals surface area contributed by atoms with E-state index >= 15 is 0 Å².